The molecule has 2 N–H and O–H groups in total. The lowest BCUT2D eigenvalue weighted by Gasteiger charge is -2.17. The number of pyridine rings is 1. The molecule has 0 fully saturated rings. The number of hydrogen-bond acceptors (Lipinski definition) is 3. The topological polar surface area (TPSA) is 65.2 Å². The maximum absolute atomic E-state index is 12.7. The van der Waals surface area contributed by atoms with Crippen molar-refractivity contribution in [2.24, 2.45) is 0 Å². The number of aromatic amines is 1. The van der Waals surface area contributed by atoms with Crippen LogP contribution in [0.2, 0.25) is 0 Å². The molecular weight excluding hydrogens is 278 g/mol. The third-order valence-corrected chi connectivity index (χ3v) is 3.96. The van der Waals surface area contributed by atoms with E-state index < -0.39 is 0 Å². The summed E-state index contributed by atoms with van der Waals surface area (Å²) in [7, 11) is 1.72. The lowest BCUT2D eigenvalue weighted by molar-refractivity contribution is 0.100. The van der Waals surface area contributed by atoms with Crippen molar-refractivity contribution < 1.29 is 4.79 Å². The monoisotopic (exact) mass is 291 g/mol. The van der Waals surface area contributed by atoms with E-state index in [-0.39, 0.29) is 11.5 Å². The van der Waals surface area contributed by atoms with E-state index in [0.29, 0.717) is 17.1 Å². The molecule has 1 aliphatic rings. The smallest absolute Gasteiger partial charge is 0.273 e. The molecule has 5 heteroatoms. The molecule has 0 spiro atoms. The number of benzene rings is 2. The summed E-state index contributed by atoms with van der Waals surface area (Å²) in [5.74, 6) is 0.436. The molecule has 0 saturated carbocycles. The van der Waals surface area contributed by atoms with Gasteiger partial charge < -0.3 is 10.3 Å². The zero-order valence-corrected chi connectivity index (χ0v) is 11.9. The lowest BCUT2D eigenvalue weighted by atomic mass is 10.1. The van der Waals surface area contributed by atoms with Crippen molar-refractivity contribution in [3.05, 3.63) is 64.4 Å². The quantitative estimate of drug-likeness (QED) is 0.763. The number of anilines is 3. The molecule has 1 amide bonds. The van der Waals surface area contributed by atoms with E-state index in [2.05, 4.69) is 10.3 Å². The minimum atomic E-state index is -0.301. The van der Waals surface area contributed by atoms with Crippen LogP contribution >= 0.6 is 0 Å². The van der Waals surface area contributed by atoms with Gasteiger partial charge in [-0.2, -0.15) is 0 Å². The van der Waals surface area contributed by atoms with E-state index in [0.717, 1.165) is 16.5 Å². The first kappa shape index (κ1) is 12.6. The molecule has 0 saturated heterocycles. The van der Waals surface area contributed by atoms with Crippen LogP contribution in [-0.2, 0) is 0 Å². The van der Waals surface area contributed by atoms with Gasteiger partial charge in [-0.25, -0.2) is 0 Å². The molecule has 108 valence electrons. The summed E-state index contributed by atoms with van der Waals surface area (Å²) in [4.78, 5) is 29.3. The van der Waals surface area contributed by atoms with E-state index in [1.165, 1.54) is 4.90 Å². The molecular formula is C17H13N3O2. The zero-order valence-electron chi connectivity index (χ0n) is 11.9. The van der Waals surface area contributed by atoms with Crippen LogP contribution in [0.25, 0.3) is 10.8 Å². The number of carbonyl (C=O) groups is 1. The van der Waals surface area contributed by atoms with Crippen molar-refractivity contribution in [2.45, 2.75) is 0 Å². The van der Waals surface area contributed by atoms with Gasteiger partial charge in [0.1, 0.15) is 11.5 Å². The number of carbonyl (C=O) groups excluding carboxylic acids is 1. The average molecular weight is 291 g/mol. The second-order valence-corrected chi connectivity index (χ2v) is 5.16. The van der Waals surface area contributed by atoms with Gasteiger partial charge in [0.05, 0.1) is 11.3 Å². The highest BCUT2D eigenvalue weighted by molar-refractivity contribution is 6.27. The summed E-state index contributed by atoms with van der Waals surface area (Å²) in [5, 5.41) is 4.76. The number of hydrogen-bond donors (Lipinski definition) is 2. The van der Waals surface area contributed by atoms with Crippen LogP contribution in [0.4, 0.5) is 17.2 Å². The lowest BCUT2D eigenvalue weighted by Crippen LogP contribution is -2.27. The van der Waals surface area contributed by atoms with Crippen LogP contribution in [0, 0.1) is 0 Å². The molecule has 1 aromatic heterocycles. The van der Waals surface area contributed by atoms with Gasteiger partial charge >= 0.3 is 0 Å². The number of aromatic nitrogens is 1. The van der Waals surface area contributed by atoms with Gasteiger partial charge in [-0.1, -0.05) is 24.3 Å². The van der Waals surface area contributed by atoms with Gasteiger partial charge in [0, 0.05) is 12.4 Å². The van der Waals surface area contributed by atoms with Gasteiger partial charge in [-0.05, 0) is 29.7 Å². The molecule has 0 aliphatic carbocycles. The van der Waals surface area contributed by atoms with Crippen LogP contribution in [0.5, 0.6) is 0 Å². The Morgan fingerprint density at radius 1 is 0.955 bits per heavy atom. The number of rotatable bonds is 2. The fourth-order valence-corrected chi connectivity index (χ4v) is 2.94. The third kappa shape index (κ3) is 1.59. The first-order valence-corrected chi connectivity index (χ1v) is 6.98. The van der Waals surface area contributed by atoms with Crippen molar-refractivity contribution in [1.82, 2.24) is 4.98 Å². The Balaban J connectivity index is 1.98. The van der Waals surface area contributed by atoms with Gasteiger partial charge in [-0.15, -0.1) is 0 Å². The van der Waals surface area contributed by atoms with Crippen LogP contribution in [0.1, 0.15) is 10.4 Å². The molecule has 0 unspecified atom stereocenters. The van der Waals surface area contributed by atoms with Crippen LogP contribution in [0.15, 0.2) is 53.3 Å². The molecule has 0 radical (unpaired) electrons. The number of nitrogens with one attached hydrogen (secondary N) is 2. The minimum absolute atomic E-state index is 0.172. The van der Waals surface area contributed by atoms with Crippen LogP contribution in [-0.4, -0.2) is 17.9 Å². The fraction of sp³-hybridized carbons (Fsp3) is 0.0588. The highest BCUT2D eigenvalue weighted by atomic mass is 16.2. The van der Waals surface area contributed by atoms with Gasteiger partial charge in [-0.3, -0.25) is 14.5 Å². The highest BCUT2D eigenvalue weighted by Crippen LogP contribution is 2.40. The Bertz CT molecular complexity index is 970. The van der Waals surface area contributed by atoms with Crippen molar-refractivity contribution >= 4 is 33.9 Å². The van der Waals surface area contributed by atoms with Crippen LogP contribution in [0.3, 0.4) is 0 Å². The Hall–Kier alpha value is -3.08. The van der Waals surface area contributed by atoms with E-state index in [1.54, 1.807) is 25.2 Å². The van der Waals surface area contributed by atoms with Crippen molar-refractivity contribution in [1.29, 1.82) is 0 Å². The zero-order chi connectivity index (χ0) is 15.3. The van der Waals surface area contributed by atoms with Crippen molar-refractivity contribution in [2.75, 3.05) is 17.3 Å². The van der Waals surface area contributed by atoms with Gasteiger partial charge in [0.15, 0.2) is 0 Å². The molecule has 4 rings (SSSR count). The Morgan fingerprint density at radius 2 is 1.73 bits per heavy atom. The maximum atomic E-state index is 12.7. The molecule has 2 aromatic carbocycles. The van der Waals surface area contributed by atoms with E-state index >= 15 is 0 Å². The van der Waals surface area contributed by atoms with Crippen molar-refractivity contribution in [3.63, 3.8) is 0 Å². The minimum Gasteiger partial charge on any atom is -0.375 e. The average Bonchev–Trinajstić information content (AvgIpc) is 2.83. The van der Waals surface area contributed by atoms with E-state index in [9.17, 15) is 9.59 Å². The van der Waals surface area contributed by atoms with E-state index in [1.807, 2.05) is 30.3 Å². The van der Waals surface area contributed by atoms with Crippen molar-refractivity contribution in [3.8, 4) is 0 Å². The summed E-state index contributed by atoms with van der Waals surface area (Å²) < 4.78 is 0. The maximum Gasteiger partial charge on any atom is 0.273 e. The summed E-state index contributed by atoms with van der Waals surface area (Å²) in [6.45, 7) is 0. The van der Waals surface area contributed by atoms with E-state index in [4.69, 9.17) is 0 Å². The molecule has 5 nitrogen and oxygen atoms in total. The van der Waals surface area contributed by atoms with Gasteiger partial charge in [0.25, 0.3) is 11.5 Å². The first-order valence-electron chi connectivity index (χ1n) is 6.98. The molecule has 3 aromatic rings. The number of H-pyrrole nitrogens is 1. The predicted octanol–water partition coefficient (Wildman–Crippen LogP) is 2.86. The molecule has 1 aliphatic heterocycles. The number of nitrogens with zero attached hydrogens (tertiary/aromatic N) is 1. The molecule has 0 atom stereocenters. The number of amides is 1. The summed E-state index contributed by atoms with van der Waals surface area (Å²) in [6, 6.07) is 14.7. The first-order chi connectivity index (χ1) is 10.7. The second-order valence-electron chi connectivity index (χ2n) is 5.16. The third-order valence-electron chi connectivity index (χ3n) is 3.96. The normalized spacial score (nSPS) is 13.0. The fourth-order valence-electron chi connectivity index (χ4n) is 2.94. The Kier molecular flexibility index (Phi) is 2.56. The molecule has 0 bridgehead atoms. The van der Waals surface area contributed by atoms with Crippen LogP contribution < -0.4 is 15.8 Å². The SMILES string of the molecule is CNc1ccc(N2C(=O)c3cccc4cccc2c34)c(=O)[nH]1. The Labute approximate surface area is 126 Å². The predicted molar refractivity (Wildman–Crippen MR) is 87.0 cm³/mol. The molecule has 2 heterocycles. The van der Waals surface area contributed by atoms with Gasteiger partial charge in [0.2, 0.25) is 0 Å². The largest absolute Gasteiger partial charge is 0.375 e. The highest BCUT2D eigenvalue weighted by Gasteiger charge is 2.32. The summed E-state index contributed by atoms with van der Waals surface area (Å²) in [5.41, 5.74) is 1.41. The standard InChI is InChI=1S/C17H13N3O2/c1-18-14-9-8-13(16(21)19-14)20-12-7-3-5-10-4-2-6-11(15(10)12)17(20)22/h2-9H,1H3,(H2,18,19,21). The summed E-state index contributed by atoms with van der Waals surface area (Å²) in [6.07, 6.45) is 0. The molecule has 22 heavy (non-hydrogen) atoms. The Morgan fingerprint density at radius 3 is 2.45 bits per heavy atom. The summed E-state index contributed by atoms with van der Waals surface area (Å²) >= 11 is 0. The second kappa shape index (κ2) is 4.46.